The van der Waals surface area contributed by atoms with Crippen molar-refractivity contribution in [1.29, 1.82) is 5.26 Å². The van der Waals surface area contributed by atoms with Crippen molar-refractivity contribution in [2.24, 2.45) is 0 Å². The number of nitriles is 1. The minimum Gasteiger partial charge on any atom is -0.260 e. The molecule has 1 aromatic heterocycles. The first kappa shape index (κ1) is 11.7. The summed E-state index contributed by atoms with van der Waals surface area (Å²) in [4.78, 5) is 14.2. The Balaban J connectivity index is 2.35. The largest absolute Gasteiger partial charge is 0.269 e. The molecule has 0 N–H and O–H groups in total. The van der Waals surface area contributed by atoms with E-state index < -0.39 is 10.8 Å². The molecule has 1 heterocycles. The van der Waals surface area contributed by atoms with Gasteiger partial charge in [-0.25, -0.2) is 0 Å². The fraction of sp³-hybridized carbons (Fsp3) is 0.0769. The Morgan fingerprint density at radius 2 is 1.94 bits per heavy atom. The Morgan fingerprint density at radius 1 is 1.22 bits per heavy atom. The summed E-state index contributed by atoms with van der Waals surface area (Å²) in [7, 11) is 0. The van der Waals surface area contributed by atoms with Crippen LogP contribution in [-0.4, -0.2) is 9.91 Å². The number of nitrogens with zero attached hydrogens (tertiary/aromatic N) is 3. The molecule has 0 aliphatic heterocycles. The molecule has 18 heavy (non-hydrogen) atoms. The van der Waals surface area contributed by atoms with E-state index in [4.69, 9.17) is 0 Å². The first-order valence-corrected chi connectivity index (χ1v) is 5.27. The lowest BCUT2D eigenvalue weighted by atomic mass is 9.96. The van der Waals surface area contributed by atoms with Crippen molar-refractivity contribution in [3.8, 4) is 6.07 Å². The van der Waals surface area contributed by atoms with Gasteiger partial charge in [0.15, 0.2) is 0 Å². The summed E-state index contributed by atoms with van der Waals surface area (Å²) >= 11 is 0. The summed E-state index contributed by atoms with van der Waals surface area (Å²) in [6, 6.07) is 13.4. The van der Waals surface area contributed by atoms with Gasteiger partial charge >= 0.3 is 0 Å². The number of non-ortho nitro benzene ring substituents is 1. The third-order valence-electron chi connectivity index (χ3n) is 2.55. The average molecular weight is 239 g/mol. The molecule has 1 aromatic carbocycles. The van der Waals surface area contributed by atoms with Gasteiger partial charge < -0.3 is 0 Å². The van der Waals surface area contributed by atoms with E-state index in [9.17, 15) is 15.4 Å². The van der Waals surface area contributed by atoms with Crippen LogP contribution in [0, 0.1) is 21.4 Å². The Kier molecular flexibility index (Phi) is 3.30. The second-order valence-electron chi connectivity index (χ2n) is 3.67. The van der Waals surface area contributed by atoms with Crippen molar-refractivity contribution >= 4 is 5.69 Å². The van der Waals surface area contributed by atoms with Crippen molar-refractivity contribution in [1.82, 2.24) is 4.98 Å². The molecular formula is C13H9N3O2. The van der Waals surface area contributed by atoms with Crippen LogP contribution in [0.1, 0.15) is 17.2 Å². The summed E-state index contributed by atoms with van der Waals surface area (Å²) in [5.41, 5.74) is 1.34. The molecule has 0 aliphatic rings. The van der Waals surface area contributed by atoms with E-state index in [2.05, 4.69) is 11.1 Å². The number of nitro benzene ring substituents is 1. The van der Waals surface area contributed by atoms with Crippen LogP contribution in [0.3, 0.4) is 0 Å². The van der Waals surface area contributed by atoms with Gasteiger partial charge in [0.25, 0.3) is 5.69 Å². The van der Waals surface area contributed by atoms with Crippen LogP contribution >= 0.6 is 0 Å². The molecule has 1 atom stereocenters. The van der Waals surface area contributed by atoms with Gasteiger partial charge in [-0.05, 0) is 17.7 Å². The van der Waals surface area contributed by atoms with Crippen LogP contribution in [0.25, 0.3) is 0 Å². The molecule has 0 amide bonds. The molecule has 2 rings (SSSR count). The number of nitro groups is 1. The Bertz CT molecular complexity index is 588. The molecule has 5 nitrogen and oxygen atoms in total. The van der Waals surface area contributed by atoms with Gasteiger partial charge in [-0.1, -0.05) is 18.2 Å². The minimum atomic E-state index is -0.507. The van der Waals surface area contributed by atoms with Crippen LogP contribution in [0.15, 0.2) is 48.7 Å². The first-order valence-electron chi connectivity index (χ1n) is 5.27. The van der Waals surface area contributed by atoms with Gasteiger partial charge in [0.05, 0.1) is 16.7 Å². The Hall–Kier alpha value is -2.74. The van der Waals surface area contributed by atoms with Gasteiger partial charge in [0, 0.05) is 18.3 Å². The lowest BCUT2D eigenvalue weighted by Gasteiger charge is -2.08. The zero-order valence-electron chi connectivity index (χ0n) is 9.35. The molecule has 0 radical (unpaired) electrons. The SMILES string of the molecule is N#C[C@H](c1ccc([N+](=O)[O-])cc1)c1ccccn1. The third kappa shape index (κ3) is 2.33. The smallest absolute Gasteiger partial charge is 0.260 e. The van der Waals surface area contributed by atoms with Crippen LogP contribution < -0.4 is 0 Å². The number of aromatic nitrogens is 1. The molecule has 88 valence electrons. The molecule has 0 saturated carbocycles. The van der Waals surface area contributed by atoms with Gasteiger partial charge in [0.1, 0.15) is 5.92 Å². The Labute approximate surface area is 103 Å². The zero-order valence-corrected chi connectivity index (χ0v) is 9.35. The number of rotatable bonds is 3. The minimum absolute atomic E-state index is 0.0106. The molecule has 5 heteroatoms. The summed E-state index contributed by atoms with van der Waals surface area (Å²) in [6.45, 7) is 0. The van der Waals surface area contributed by atoms with E-state index in [1.165, 1.54) is 12.1 Å². The summed E-state index contributed by atoms with van der Waals surface area (Å²) in [5.74, 6) is -0.507. The standard InChI is InChI=1S/C13H9N3O2/c14-9-12(13-3-1-2-8-15-13)10-4-6-11(7-5-10)16(17)18/h1-8,12H/t12-/m1/s1. The topological polar surface area (TPSA) is 79.8 Å². The second-order valence-corrected chi connectivity index (χ2v) is 3.67. The highest BCUT2D eigenvalue weighted by molar-refractivity contribution is 5.40. The predicted molar refractivity (Wildman–Crippen MR) is 64.8 cm³/mol. The quantitative estimate of drug-likeness (QED) is 0.609. The first-order chi connectivity index (χ1) is 8.72. The van der Waals surface area contributed by atoms with Crippen molar-refractivity contribution in [2.45, 2.75) is 5.92 Å². The molecule has 2 aromatic rings. The Morgan fingerprint density at radius 3 is 2.44 bits per heavy atom. The van der Waals surface area contributed by atoms with E-state index in [0.29, 0.717) is 11.3 Å². The fourth-order valence-corrected chi connectivity index (χ4v) is 1.65. The number of hydrogen-bond acceptors (Lipinski definition) is 4. The van der Waals surface area contributed by atoms with E-state index in [-0.39, 0.29) is 5.69 Å². The molecule has 0 saturated heterocycles. The van der Waals surface area contributed by atoms with Gasteiger partial charge in [0.2, 0.25) is 0 Å². The maximum Gasteiger partial charge on any atom is 0.269 e. The highest BCUT2D eigenvalue weighted by Crippen LogP contribution is 2.24. The summed E-state index contributed by atoms with van der Waals surface area (Å²) in [6.07, 6.45) is 1.62. The van der Waals surface area contributed by atoms with Crippen LogP contribution in [0.4, 0.5) is 5.69 Å². The van der Waals surface area contributed by atoms with Crippen LogP contribution in [0.2, 0.25) is 0 Å². The van der Waals surface area contributed by atoms with E-state index in [0.717, 1.165) is 0 Å². The molecule has 0 fully saturated rings. The maximum atomic E-state index is 10.5. The molecule has 0 bridgehead atoms. The molecule has 0 unspecified atom stereocenters. The summed E-state index contributed by atoms with van der Waals surface area (Å²) < 4.78 is 0. The zero-order chi connectivity index (χ0) is 13.0. The van der Waals surface area contributed by atoms with Crippen molar-refractivity contribution < 1.29 is 4.92 Å². The molecule has 0 spiro atoms. The lowest BCUT2D eigenvalue weighted by Crippen LogP contribution is -2.00. The number of pyridine rings is 1. The van der Waals surface area contributed by atoms with E-state index >= 15 is 0 Å². The van der Waals surface area contributed by atoms with Crippen LogP contribution in [0.5, 0.6) is 0 Å². The van der Waals surface area contributed by atoms with Crippen LogP contribution in [-0.2, 0) is 0 Å². The number of benzene rings is 1. The van der Waals surface area contributed by atoms with Crippen molar-refractivity contribution in [2.75, 3.05) is 0 Å². The fourth-order valence-electron chi connectivity index (χ4n) is 1.65. The maximum absolute atomic E-state index is 10.5. The van der Waals surface area contributed by atoms with Gasteiger partial charge in [-0.3, -0.25) is 15.1 Å². The van der Waals surface area contributed by atoms with Gasteiger partial charge in [-0.2, -0.15) is 5.26 Å². The van der Waals surface area contributed by atoms with Crippen molar-refractivity contribution in [3.05, 3.63) is 70.0 Å². The average Bonchev–Trinajstić information content (AvgIpc) is 2.41. The third-order valence-corrected chi connectivity index (χ3v) is 2.55. The number of hydrogen-bond donors (Lipinski definition) is 0. The highest BCUT2D eigenvalue weighted by atomic mass is 16.6. The predicted octanol–water partition coefficient (Wildman–Crippen LogP) is 2.65. The lowest BCUT2D eigenvalue weighted by molar-refractivity contribution is -0.384. The normalized spacial score (nSPS) is 11.5. The monoisotopic (exact) mass is 239 g/mol. The second kappa shape index (κ2) is 5.06. The van der Waals surface area contributed by atoms with Crippen molar-refractivity contribution in [3.63, 3.8) is 0 Å². The summed E-state index contributed by atoms with van der Waals surface area (Å²) in [5, 5.41) is 19.7. The molecular weight excluding hydrogens is 230 g/mol. The van der Waals surface area contributed by atoms with E-state index in [1.807, 2.05) is 0 Å². The van der Waals surface area contributed by atoms with E-state index in [1.54, 1.807) is 36.5 Å². The molecule has 0 aliphatic carbocycles. The van der Waals surface area contributed by atoms with Gasteiger partial charge in [-0.15, -0.1) is 0 Å². The highest BCUT2D eigenvalue weighted by Gasteiger charge is 2.15.